The normalized spacial score (nSPS) is 11.6. The van der Waals surface area contributed by atoms with Gasteiger partial charge in [0, 0.05) is 6.26 Å². The summed E-state index contributed by atoms with van der Waals surface area (Å²) in [4.78, 5) is 3.70. The Kier molecular flexibility index (Phi) is 3.16. The van der Waals surface area contributed by atoms with Gasteiger partial charge in [-0.3, -0.25) is 0 Å². The van der Waals surface area contributed by atoms with Crippen molar-refractivity contribution in [1.82, 2.24) is 4.98 Å². The fourth-order valence-corrected chi connectivity index (χ4v) is 2.18. The van der Waals surface area contributed by atoms with Crippen LogP contribution in [0.15, 0.2) is 12.1 Å². The van der Waals surface area contributed by atoms with Crippen LogP contribution in [0.4, 0.5) is 0 Å². The second-order valence-electron chi connectivity index (χ2n) is 2.69. The number of halogens is 2. The number of hydrogen-bond acceptors (Lipinski definition) is 3. The van der Waals surface area contributed by atoms with Crippen LogP contribution in [0.3, 0.4) is 0 Å². The van der Waals surface area contributed by atoms with Crippen LogP contribution in [-0.4, -0.2) is 19.7 Å². The van der Waals surface area contributed by atoms with Gasteiger partial charge in [0.15, 0.2) is 9.84 Å². The Morgan fingerprint density at radius 3 is 2.15 bits per heavy atom. The van der Waals surface area contributed by atoms with Gasteiger partial charge < -0.3 is 0 Å². The summed E-state index contributed by atoms with van der Waals surface area (Å²) in [6.45, 7) is 0. The molecule has 0 saturated heterocycles. The van der Waals surface area contributed by atoms with Crippen molar-refractivity contribution in [3.8, 4) is 0 Å². The molecule has 0 aliphatic heterocycles. The molecule has 1 rings (SSSR count). The first-order valence-electron chi connectivity index (χ1n) is 3.36. The molecule has 0 aliphatic carbocycles. The van der Waals surface area contributed by atoms with E-state index in [0.717, 1.165) is 6.26 Å². The molecule has 0 N–H and O–H groups in total. The molecule has 1 heterocycles. The summed E-state index contributed by atoms with van der Waals surface area (Å²) in [6.07, 6.45) is 1.15. The van der Waals surface area contributed by atoms with E-state index in [4.69, 9.17) is 23.2 Å². The van der Waals surface area contributed by atoms with Crippen LogP contribution in [0.2, 0.25) is 10.3 Å². The van der Waals surface area contributed by atoms with Gasteiger partial charge in [-0.15, -0.1) is 0 Å². The third-order valence-electron chi connectivity index (χ3n) is 1.25. The summed E-state index contributed by atoms with van der Waals surface area (Å²) in [7, 11) is -3.06. The first kappa shape index (κ1) is 10.8. The van der Waals surface area contributed by atoms with Crippen LogP contribution >= 0.6 is 23.2 Å². The number of aromatic nitrogens is 1. The highest BCUT2D eigenvalue weighted by Crippen LogP contribution is 2.16. The Hall–Kier alpha value is -0.320. The highest BCUT2D eigenvalue weighted by molar-refractivity contribution is 7.89. The topological polar surface area (TPSA) is 47.0 Å². The van der Waals surface area contributed by atoms with Crippen molar-refractivity contribution in [1.29, 1.82) is 0 Å². The lowest BCUT2D eigenvalue weighted by molar-refractivity contribution is 0.601. The SMILES string of the molecule is CS(=O)(=O)Cc1cc(Cl)nc(Cl)c1. The van der Waals surface area contributed by atoms with Crippen LogP contribution in [-0.2, 0) is 15.6 Å². The summed E-state index contributed by atoms with van der Waals surface area (Å²) < 4.78 is 21.8. The molecule has 1 aromatic heterocycles. The third kappa shape index (κ3) is 3.93. The van der Waals surface area contributed by atoms with E-state index in [0.29, 0.717) is 5.56 Å². The van der Waals surface area contributed by atoms with E-state index in [2.05, 4.69) is 4.98 Å². The van der Waals surface area contributed by atoms with Gasteiger partial charge in [-0.05, 0) is 17.7 Å². The van der Waals surface area contributed by atoms with E-state index in [1.165, 1.54) is 12.1 Å². The number of rotatable bonds is 2. The van der Waals surface area contributed by atoms with Gasteiger partial charge >= 0.3 is 0 Å². The molecule has 13 heavy (non-hydrogen) atoms. The van der Waals surface area contributed by atoms with Crippen LogP contribution < -0.4 is 0 Å². The van der Waals surface area contributed by atoms with Crippen molar-refractivity contribution < 1.29 is 8.42 Å². The van der Waals surface area contributed by atoms with Gasteiger partial charge in [-0.2, -0.15) is 0 Å². The van der Waals surface area contributed by atoms with Gasteiger partial charge in [-0.1, -0.05) is 23.2 Å². The average Bonchev–Trinajstić information content (AvgIpc) is 1.78. The maximum atomic E-state index is 10.9. The second kappa shape index (κ2) is 3.82. The molecule has 0 atom stereocenters. The van der Waals surface area contributed by atoms with Crippen LogP contribution in [0.25, 0.3) is 0 Å². The van der Waals surface area contributed by atoms with Gasteiger partial charge in [0.25, 0.3) is 0 Å². The summed E-state index contributed by atoms with van der Waals surface area (Å²) in [6, 6.07) is 2.96. The van der Waals surface area contributed by atoms with E-state index in [9.17, 15) is 8.42 Å². The quantitative estimate of drug-likeness (QED) is 0.742. The van der Waals surface area contributed by atoms with E-state index < -0.39 is 9.84 Å². The minimum absolute atomic E-state index is 0.0744. The van der Waals surface area contributed by atoms with Crippen molar-refractivity contribution >= 4 is 33.0 Å². The van der Waals surface area contributed by atoms with Crippen LogP contribution in [0, 0.1) is 0 Å². The predicted molar refractivity (Wildman–Crippen MR) is 52.8 cm³/mol. The Morgan fingerprint density at radius 2 is 1.77 bits per heavy atom. The van der Waals surface area contributed by atoms with Crippen LogP contribution in [0.5, 0.6) is 0 Å². The van der Waals surface area contributed by atoms with Gasteiger partial charge in [-0.25, -0.2) is 13.4 Å². The predicted octanol–water partition coefficient (Wildman–Crippen LogP) is 1.93. The van der Waals surface area contributed by atoms with E-state index in [1.807, 2.05) is 0 Å². The molecule has 0 aliphatic rings. The standard InChI is InChI=1S/C7H7Cl2NO2S/c1-13(11,12)4-5-2-6(8)10-7(9)3-5/h2-3H,4H2,1H3. The number of sulfone groups is 1. The fraction of sp³-hybridized carbons (Fsp3) is 0.286. The molecule has 0 radical (unpaired) electrons. The van der Waals surface area contributed by atoms with Crippen molar-refractivity contribution in [3.63, 3.8) is 0 Å². The summed E-state index contributed by atoms with van der Waals surface area (Å²) in [5, 5.41) is 0.400. The second-order valence-corrected chi connectivity index (χ2v) is 5.61. The van der Waals surface area contributed by atoms with Gasteiger partial charge in [0.05, 0.1) is 5.75 Å². The molecule has 0 aromatic carbocycles. The minimum atomic E-state index is -3.06. The largest absolute Gasteiger partial charge is 0.229 e. The Balaban J connectivity index is 3.03. The molecule has 6 heteroatoms. The smallest absolute Gasteiger partial charge is 0.151 e. The summed E-state index contributed by atoms with van der Waals surface area (Å²) in [5.41, 5.74) is 0.549. The Labute approximate surface area is 86.6 Å². The molecule has 0 spiro atoms. The number of pyridine rings is 1. The zero-order valence-electron chi connectivity index (χ0n) is 6.79. The van der Waals surface area contributed by atoms with Crippen molar-refractivity contribution in [3.05, 3.63) is 28.0 Å². The van der Waals surface area contributed by atoms with Crippen molar-refractivity contribution in [2.24, 2.45) is 0 Å². The molecule has 0 unspecified atom stereocenters. The molecular formula is C7H7Cl2NO2S. The molecular weight excluding hydrogens is 233 g/mol. The van der Waals surface area contributed by atoms with E-state index in [1.54, 1.807) is 0 Å². The molecule has 0 bridgehead atoms. The lowest BCUT2D eigenvalue weighted by Gasteiger charge is -2.00. The first-order valence-corrected chi connectivity index (χ1v) is 6.18. The Bertz CT molecular complexity index is 396. The maximum absolute atomic E-state index is 10.9. The molecule has 0 fully saturated rings. The zero-order valence-corrected chi connectivity index (χ0v) is 9.12. The van der Waals surface area contributed by atoms with E-state index >= 15 is 0 Å². The van der Waals surface area contributed by atoms with E-state index in [-0.39, 0.29) is 16.1 Å². The maximum Gasteiger partial charge on any atom is 0.151 e. The summed E-state index contributed by atoms with van der Waals surface area (Å²) >= 11 is 11.2. The molecule has 0 amide bonds. The first-order chi connectivity index (χ1) is 5.87. The fourth-order valence-electron chi connectivity index (χ4n) is 0.900. The molecule has 1 aromatic rings. The minimum Gasteiger partial charge on any atom is -0.229 e. The summed E-state index contributed by atoms with van der Waals surface area (Å²) in [5.74, 6) is -0.0744. The third-order valence-corrected chi connectivity index (χ3v) is 2.50. The monoisotopic (exact) mass is 239 g/mol. The van der Waals surface area contributed by atoms with Gasteiger partial charge in [0.2, 0.25) is 0 Å². The number of nitrogens with zero attached hydrogens (tertiary/aromatic N) is 1. The average molecular weight is 240 g/mol. The zero-order chi connectivity index (χ0) is 10.1. The van der Waals surface area contributed by atoms with Gasteiger partial charge in [0.1, 0.15) is 10.3 Å². The Morgan fingerprint density at radius 1 is 1.31 bits per heavy atom. The van der Waals surface area contributed by atoms with Crippen LogP contribution in [0.1, 0.15) is 5.56 Å². The molecule has 72 valence electrons. The van der Waals surface area contributed by atoms with Crippen molar-refractivity contribution in [2.75, 3.05) is 6.26 Å². The molecule has 3 nitrogen and oxygen atoms in total. The number of hydrogen-bond donors (Lipinski definition) is 0. The molecule has 0 saturated carbocycles. The van der Waals surface area contributed by atoms with Crippen molar-refractivity contribution in [2.45, 2.75) is 5.75 Å². The highest BCUT2D eigenvalue weighted by atomic mass is 35.5. The highest BCUT2D eigenvalue weighted by Gasteiger charge is 2.06. The lowest BCUT2D eigenvalue weighted by atomic mass is 10.3. The lowest BCUT2D eigenvalue weighted by Crippen LogP contribution is -2.00.